The van der Waals surface area contributed by atoms with Gasteiger partial charge in [0.1, 0.15) is 0 Å². The summed E-state index contributed by atoms with van der Waals surface area (Å²) in [6, 6.07) is 3.51. The van der Waals surface area contributed by atoms with Gasteiger partial charge in [0.05, 0.1) is 17.8 Å². The van der Waals surface area contributed by atoms with Crippen molar-refractivity contribution >= 4 is 9.84 Å². The maximum absolute atomic E-state index is 12.9. The standard InChI is InChI=1S/C9H11FO3S/c1-3-14(11,12)7-4-5-8(10)9(6-7)13-2/h4-6H,3H2,1-2H3. The highest BCUT2D eigenvalue weighted by atomic mass is 32.2. The Hall–Kier alpha value is -1.10. The molecule has 0 bridgehead atoms. The lowest BCUT2D eigenvalue weighted by molar-refractivity contribution is 0.385. The fraction of sp³-hybridized carbons (Fsp3) is 0.333. The lowest BCUT2D eigenvalue weighted by Gasteiger charge is -2.05. The Kier molecular flexibility index (Phi) is 3.10. The van der Waals surface area contributed by atoms with Crippen LogP contribution in [0, 0.1) is 5.82 Å². The number of halogens is 1. The fourth-order valence-electron chi connectivity index (χ4n) is 1.00. The summed E-state index contributed by atoms with van der Waals surface area (Å²) in [6.45, 7) is 1.53. The van der Waals surface area contributed by atoms with E-state index in [9.17, 15) is 12.8 Å². The Bertz CT molecular complexity index is 426. The number of methoxy groups -OCH3 is 1. The molecule has 1 aromatic carbocycles. The van der Waals surface area contributed by atoms with Crippen LogP contribution in [0.2, 0.25) is 0 Å². The van der Waals surface area contributed by atoms with Gasteiger partial charge < -0.3 is 4.74 Å². The molecule has 0 saturated heterocycles. The van der Waals surface area contributed by atoms with E-state index in [1.807, 2.05) is 0 Å². The maximum Gasteiger partial charge on any atom is 0.178 e. The Labute approximate surface area is 82.4 Å². The summed E-state index contributed by atoms with van der Waals surface area (Å²) >= 11 is 0. The number of hydrogen-bond acceptors (Lipinski definition) is 3. The van der Waals surface area contributed by atoms with Crippen LogP contribution in [-0.2, 0) is 9.84 Å². The maximum atomic E-state index is 12.9. The predicted octanol–water partition coefficient (Wildman–Crippen LogP) is 1.63. The normalized spacial score (nSPS) is 11.4. The second kappa shape index (κ2) is 3.96. The van der Waals surface area contributed by atoms with Gasteiger partial charge in [-0.25, -0.2) is 12.8 Å². The van der Waals surface area contributed by atoms with E-state index < -0.39 is 15.7 Å². The molecule has 3 nitrogen and oxygen atoms in total. The summed E-state index contributed by atoms with van der Waals surface area (Å²) in [5, 5.41) is 0. The molecule has 0 radical (unpaired) electrons. The van der Waals surface area contributed by atoms with Crippen molar-refractivity contribution in [2.24, 2.45) is 0 Å². The molecule has 0 aliphatic rings. The SMILES string of the molecule is CCS(=O)(=O)c1ccc(F)c(OC)c1. The lowest BCUT2D eigenvalue weighted by Crippen LogP contribution is -2.04. The minimum Gasteiger partial charge on any atom is -0.494 e. The molecule has 78 valence electrons. The summed E-state index contributed by atoms with van der Waals surface area (Å²) in [5.74, 6) is -0.635. The van der Waals surface area contributed by atoms with Crippen LogP contribution in [-0.4, -0.2) is 21.3 Å². The number of sulfone groups is 1. The highest BCUT2D eigenvalue weighted by molar-refractivity contribution is 7.91. The van der Waals surface area contributed by atoms with Crippen molar-refractivity contribution in [2.75, 3.05) is 12.9 Å². The van der Waals surface area contributed by atoms with Crippen LogP contribution in [0.15, 0.2) is 23.1 Å². The highest BCUT2D eigenvalue weighted by Gasteiger charge is 2.14. The van der Waals surface area contributed by atoms with E-state index in [1.165, 1.54) is 26.2 Å². The van der Waals surface area contributed by atoms with Gasteiger partial charge in [-0.15, -0.1) is 0 Å². The second-order valence-electron chi connectivity index (χ2n) is 2.70. The largest absolute Gasteiger partial charge is 0.494 e. The van der Waals surface area contributed by atoms with Gasteiger partial charge in [0.2, 0.25) is 0 Å². The van der Waals surface area contributed by atoms with Crippen molar-refractivity contribution in [3.8, 4) is 5.75 Å². The molecule has 1 aromatic rings. The molecule has 0 aromatic heterocycles. The third-order valence-corrected chi connectivity index (χ3v) is 3.59. The average Bonchev–Trinajstić information content (AvgIpc) is 2.18. The summed E-state index contributed by atoms with van der Waals surface area (Å²) in [5.41, 5.74) is 0. The highest BCUT2D eigenvalue weighted by Crippen LogP contribution is 2.21. The topological polar surface area (TPSA) is 43.4 Å². The summed E-state index contributed by atoms with van der Waals surface area (Å²) < 4.78 is 40.4. The molecule has 0 unspecified atom stereocenters. The van der Waals surface area contributed by atoms with Crippen molar-refractivity contribution in [3.05, 3.63) is 24.0 Å². The molecule has 5 heteroatoms. The quantitative estimate of drug-likeness (QED) is 0.724. The van der Waals surface area contributed by atoms with Gasteiger partial charge in [-0.3, -0.25) is 0 Å². The first-order valence-corrected chi connectivity index (χ1v) is 5.72. The van der Waals surface area contributed by atoms with Crippen LogP contribution < -0.4 is 4.74 Å². The molecule has 0 heterocycles. The molecule has 0 amide bonds. The van der Waals surface area contributed by atoms with Crippen molar-refractivity contribution in [2.45, 2.75) is 11.8 Å². The van der Waals surface area contributed by atoms with E-state index in [4.69, 9.17) is 0 Å². The fourth-order valence-corrected chi connectivity index (χ4v) is 1.90. The number of hydrogen-bond donors (Lipinski definition) is 0. The molecule has 1 rings (SSSR count). The van der Waals surface area contributed by atoms with Crippen LogP contribution in [0.25, 0.3) is 0 Å². The smallest absolute Gasteiger partial charge is 0.178 e. The zero-order valence-electron chi connectivity index (χ0n) is 7.95. The Morgan fingerprint density at radius 1 is 1.43 bits per heavy atom. The van der Waals surface area contributed by atoms with Gasteiger partial charge in [0.25, 0.3) is 0 Å². The first-order valence-electron chi connectivity index (χ1n) is 4.07. The molecular weight excluding hydrogens is 207 g/mol. The van der Waals surface area contributed by atoms with Crippen molar-refractivity contribution in [3.63, 3.8) is 0 Å². The molecule has 0 fully saturated rings. The molecular formula is C9H11FO3S. The summed E-state index contributed by atoms with van der Waals surface area (Å²) in [6.07, 6.45) is 0. The first kappa shape index (κ1) is 11.0. The first-order chi connectivity index (χ1) is 6.51. The number of ether oxygens (including phenoxy) is 1. The Morgan fingerprint density at radius 2 is 2.07 bits per heavy atom. The van der Waals surface area contributed by atoms with Crippen molar-refractivity contribution in [1.82, 2.24) is 0 Å². The van der Waals surface area contributed by atoms with Gasteiger partial charge in [-0.1, -0.05) is 6.92 Å². The Balaban J connectivity index is 3.26. The van der Waals surface area contributed by atoms with Gasteiger partial charge in [0, 0.05) is 6.07 Å². The zero-order valence-corrected chi connectivity index (χ0v) is 8.77. The van der Waals surface area contributed by atoms with Gasteiger partial charge in [0.15, 0.2) is 21.4 Å². The molecule has 0 atom stereocenters. The van der Waals surface area contributed by atoms with Crippen LogP contribution >= 0.6 is 0 Å². The molecule has 0 saturated carbocycles. The van der Waals surface area contributed by atoms with E-state index in [2.05, 4.69) is 4.74 Å². The molecule has 0 N–H and O–H groups in total. The predicted molar refractivity (Wildman–Crippen MR) is 50.7 cm³/mol. The molecule has 14 heavy (non-hydrogen) atoms. The van der Waals surface area contributed by atoms with Crippen LogP contribution in [0.3, 0.4) is 0 Å². The van der Waals surface area contributed by atoms with E-state index in [1.54, 1.807) is 0 Å². The molecule has 0 aliphatic heterocycles. The van der Waals surface area contributed by atoms with Gasteiger partial charge in [-0.2, -0.15) is 0 Å². The van der Waals surface area contributed by atoms with Crippen LogP contribution in [0.5, 0.6) is 5.75 Å². The van der Waals surface area contributed by atoms with Crippen molar-refractivity contribution < 1.29 is 17.5 Å². The van der Waals surface area contributed by atoms with E-state index in [0.29, 0.717) is 0 Å². The van der Waals surface area contributed by atoms with Crippen LogP contribution in [0.1, 0.15) is 6.92 Å². The van der Waals surface area contributed by atoms with Gasteiger partial charge >= 0.3 is 0 Å². The van der Waals surface area contributed by atoms with E-state index >= 15 is 0 Å². The average molecular weight is 218 g/mol. The minimum absolute atomic E-state index is 0.0121. The monoisotopic (exact) mass is 218 g/mol. The minimum atomic E-state index is -3.29. The van der Waals surface area contributed by atoms with Gasteiger partial charge in [-0.05, 0) is 12.1 Å². The number of benzene rings is 1. The van der Waals surface area contributed by atoms with E-state index in [0.717, 1.165) is 6.07 Å². The second-order valence-corrected chi connectivity index (χ2v) is 4.98. The zero-order chi connectivity index (χ0) is 10.8. The lowest BCUT2D eigenvalue weighted by atomic mass is 10.3. The Morgan fingerprint density at radius 3 is 2.57 bits per heavy atom. The summed E-state index contributed by atoms with van der Waals surface area (Å²) in [7, 11) is -2.00. The molecule has 0 aliphatic carbocycles. The molecule has 0 spiro atoms. The third-order valence-electron chi connectivity index (χ3n) is 1.86. The third kappa shape index (κ3) is 2.04. The van der Waals surface area contributed by atoms with Crippen LogP contribution in [0.4, 0.5) is 4.39 Å². The van der Waals surface area contributed by atoms with Crippen molar-refractivity contribution in [1.29, 1.82) is 0 Å². The van der Waals surface area contributed by atoms with E-state index in [-0.39, 0.29) is 16.4 Å². The summed E-state index contributed by atoms with van der Waals surface area (Å²) in [4.78, 5) is 0.0817. The number of rotatable bonds is 3.